The Morgan fingerprint density at radius 1 is 1.00 bits per heavy atom. The largest absolute Gasteiger partial charge is 0.300 e. The number of rotatable bonds is 1. The van der Waals surface area contributed by atoms with Crippen LogP contribution in [-0.2, 0) is 9.59 Å². The summed E-state index contributed by atoms with van der Waals surface area (Å²) in [5, 5.41) is 0. The van der Waals surface area contributed by atoms with Crippen LogP contribution in [-0.4, -0.2) is 11.6 Å². The lowest BCUT2D eigenvalue weighted by Gasteiger charge is -2.55. The lowest BCUT2D eigenvalue weighted by Crippen LogP contribution is -2.49. The molecule has 4 aliphatic rings. The molecular formula is C20H30O2. The van der Waals surface area contributed by atoms with Crippen LogP contribution in [0.2, 0.25) is 0 Å². The van der Waals surface area contributed by atoms with Crippen molar-refractivity contribution in [1.82, 2.24) is 0 Å². The van der Waals surface area contributed by atoms with Gasteiger partial charge in [0.15, 0.2) is 0 Å². The number of hydrogen-bond acceptors (Lipinski definition) is 2. The van der Waals surface area contributed by atoms with Crippen LogP contribution in [0.25, 0.3) is 0 Å². The predicted molar refractivity (Wildman–Crippen MR) is 86.3 cm³/mol. The van der Waals surface area contributed by atoms with Gasteiger partial charge in [-0.15, -0.1) is 0 Å². The van der Waals surface area contributed by atoms with E-state index in [1.807, 2.05) is 6.92 Å². The molecule has 0 heterocycles. The van der Waals surface area contributed by atoms with Crippen LogP contribution >= 0.6 is 0 Å². The van der Waals surface area contributed by atoms with Gasteiger partial charge in [0.2, 0.25) is 0 Å². The molecule has 122 valence electrons. The Labute approximate surface area is 134 Å². The first-order chi connectivity index (χ1) is 10.5. The Morgan fingerprint density at radius 2 is 1.82 bits per heavy atom. The minimum absolute atomic E-state index is 0.282. The monoisotopic (exact) mass is 302 g/mol. The Morgan fingerprint density at radius 3 is 2.59 bits per heavy atom. The fraction of sp³-hybridized carbons (Fsp3) is 0.900. The summed E-state index contributed by atoms with van der Waals surface area (Å²) in [5.74, 6) is 5.25. The summed E-state index contributed by atoms with van der Waals surface area (Å²) >= 11 is 0. The highest BCUT2D eigenvalue weighted by molar-refractivity contribution is 5.80. The SMILES string of the molecule is CC(=O)[C@H]1CC[C@H]2[C@@H]3CC[C@@H]4CC(=O)CC[C@@H]4[C@H]3CC[C@]12C. The van der Waals surface area contributed by atoms with Gasteiger partial charge in [-0.1, -0.05) is 6.92 Å². The van der Waals surface area contributed by atoms with E-state index in [1.54, 1.807) is 0 Å². The van der Waals surface area contributed by atoms with Crippen molar-refractivity contribution in [2.24, 2.45) is 40.9 Å². The first-order valence-corrected chi connectivity index (χ1v) is 9.53. The van der Waals surface area contributed by atoms with E-state index in [0.29, 0.717) is 23.4 Å². The van der Waals surface area contributed by atoms with Gasteiger partial charge in [0.25, 0.3) is 0 Å². The molecular weight excluding hydrogens is 272 g/mol. The molecule has 0 amide bonds. The second kappa shape index (κ2) is 5.18. The van der Waals surface area contributed by atoms with E-state index in [2.05, 4.69) is 6.92 Å². The number of carbonyl (C=O) groups is 2. The Bertz CT molecular complexity index is 496. The van der Waals surface area contributed by atoms with Gasteiger partial charge in [0.05, 0.1) is 0 Å². The average molecular weight is 302 g/mol. The zero-order chi connectivity index (χ0) is 15.5. The third-order valence-corrected chi connectivity index (χ3v) is 8.26. The second-order valence-electron chi connectivity index (χ2n) is 9.00. The van der Waals surface area contributed by atoms with Gasteiger partial charge >= 0.3 is 0 Å². The van der Waals surface area contributed by atoms with Gasteiger partial charge in [-0.05, 0) is 86.9 Å². The number of hydrogen-bond donors (Lipinski definition) is 0. The summed E-state index contributed by atoms with van der Waals surface area (Å²) in [7, 11) is 0. The number of fused-ring (bicyclic) bond motifs is 5. The Balaban J connectivity index is 1.58. The van der Waals surface area contributed by atoms with Crippen LogP contribution in [0.1, 0.15) is 71.6 Å². The van der Waals surface area contributed by atoms with Gasteiger partial charge < -0.3 is 0 Å². The molecule has 2 heteroatoms. The van der Waals surface area contributed by atoms with Crippen LogP contribution in [0, 0.1) is 40.9 Å². The van der Waals surface area contributed by atoms with Crippen molar-refractivity contribution in [2.45, 2.75) is 71.6 Å². The maximum atomic E-state index is 12.1. The molecule has 0 spiro atoms. The molecule has 0 aliphatic heterocycles. The normalized spacial score (nSPS) is 50.9. The number of Topliss-reactive ketones (excluding diaryl/α,β-unsaturated/α-hetero) is 2. The van der Waals surface area contributed by atoms with Gasteiger partial charge in [-0.2, -0.15) is 0 Å². The molecule has 22 heavy (non-hydrogen) atoms. The van der Waals surface area contributed by atoms with E-state index in [4.69, 9.17) is 0 Å². The van der Waals surface area contributed by atoms with Crippen molar-refractivity contribution in [2.75, 3.05) is 0 Å². The number of carbonyl (C=O) groups excluding carboxylic acids is 2. The molecule has 4 rings (SSSR count). The molecule has 0 aromatic carbocycles. The summed E-state index contributed by atoms with van der Waals surface area (Å²) in [6, 6.07) is 0. The van der Waals surface area contributed by atoms with Crippen molar-refractivity contribution in [3.8, 4) is 0 Å². The van der Waals surface area contributed by atoms with Gasteiger partial charge in [-0.25, -0.2) is 0 Å². The third-order valence-electron chi connectivity index (χ3n) is 8.26. The molecule has 2 nitrogen and oxygen atoms in total. The Kier molecular flexibility index (Phi) is 3.51. The van der Waals surface area contributed by atoms with Crippen molar-refractivity contribution in [3.63, 3.8) is 0 Å². The van der Waals surface area contributed by atoms with Crippen LogP contribution in [0.5, 0.6) is 0 Å². The van der Waals surface area contributed by atoms with Crippen molar-refractivity contribution in [1.29, 1.82) is 0 Å². The molecule has 7 atom stereocenters. The van der Waals surface area contributed by atoms with Crippen LogP contribution < -0.4 is 0 Å². The van der Waals surface area contributed by atoms with E-state index in [0.717, 1.165) is 49.4 Å². The summed E-state index contributed by atoms with van der Waals surface area (Å²) in [6.45, 7) is 4.23. The average Bonchev–Trinajstić information content (AvgIpc) is 2.84. The quantitative estimate of drug-likeness (QED) is 0.719. The van der Waals surface area contributed by atoms with E-state index in [1.165, 1.54) is 32.1 Å². The molecule has 4 aliphatic carbocycles. The van der Waals surface area contributed by atoms with Gasteiger partial charge in [0, 0.05) is 18.8 Å². The number of ketones is 2. The van der Waals surface area contributed by atoms with E-state index in [-0.39, 0.29) is 5.41 Å². The molecule has 0 bridgehead atoms. The van der Waals surface area contributed by atoms with Gasteiger partial charge in [-0.3, -0.25) is 9.59 Å². The van der Waals surface area contributed by atoms with E-state index < -0.39 is 0 Å². The lowest BCUT2D eigenvalue weighted by molar-refractivity contribution is -0.132. The molecule has 0 N–H and O–H groups in total. The van der Waals surface area contributed by atoms with Crippen molar-refractivity contribution >= 4 is 11.6 Å². The fourth-order valence-corrected chi connectivity index (χ4v) is 7.33. The highest BCUT2D eigenvalue weighted by Gasteiger charge is 2.57. The molecule has 4 fully saturated rings. The smallest absolute Gasteiger partial charge is 0.133 e. The zero-order valence-corrected chi connectivity index (χ0v) is 14.1. The standard InChI is InChI=1S/C20H30O2/c1-12(21)18-7-8-19-17-5-3-13-11-14(22)4-6-15(13)16(17)9-10-20(18,19)2/h13,15-19H,3-11H2,1-2H3/t13-,15+,16-,17-,18-,19+,20-/m1/s1. The minimum atomic E-state index is 0.282. The van der Waals surface area contributed by atoms with E-state index >= 15 is 0 Å². The lowest BCUT2D eigenvalue weighted by atomic mass is 9.49. The summed E-state index contributed by atoms with van der Waals surface area (Å²) < 4.78 is 0. The zero-order valence-electron chi connectivity index (χ0n) is 14.1. The maximum absolute atomic E-state index is 12.1. The summed E-state index contributed by atoms with van der Waals surface area (Å²) in [5.41, 5.74) is 0.282. The highest BCUT2D eigenvalue weighted by Crippen LogP contribution is 2.64. The minimum Gasteiger partial charge on any atom is -0.300 e. The molecule has 4 saturated carbocycles. The first-order valence-electron chi connectivity index (χ1n) is 9.53. The molecule has 0 aromatic rings. The maximum Gasteiger partial charge on any atom is 0.133 e. The van der Waals surface area contributed by atoms with Crippen LogP contribution in [0.4, 0.5) is 0 Å². The predicted octanol–water partition coefficient (Wildman–Crippen LogP) is 4.41. The fourth-order valence-electron chi connectivity index (χ4n) is 7.33. The highest BCUT2D eigenvalue weighted by atomic mass is 16.1. The summed E-state index contributed by atoms with van der Waals surface area (Å²) in [6.07, 6.45) is 10.4. The van der Waals surface area contributed by atoms with Crippen molar-refractivity contribution in [3.05, 3.63) is 0 Å². The third kappa shape index (κ3) is 2.05. The van der Waals surface area contributed by atoms with Crippen molar-refractivity contribution < 1.29 is 9.59 Å². The van der Waals surface area contributed by atoms with E-state index in [9.17, 15) is 9.59 Å². The molecule has 0 unspecified atom stereocenters. The molecule has 0 aromatic heterocycles. The van der Waals surface area contributed by atoms with Crippen LogP contribution in [0.3, 0.4) is 0 Å². The summed E-state index contributed by atoms with van der Waals surface area (Å²) in [4.78, 5) is 23.9. The van der Waals surface area contributed by atoms with Crippen LogP contribution in [0.15, 0.2) is 0 Å². The Hall–Kier alpha value is -0.660. The van der Waals surface area contributed by atoms with Gasteiger partial charge in [0.1, 0.15) is 11.6 Å². The second-order valence-corrected chi connectivity index (χ2v) is 9.00. The molecule has 0 saturated heterocycles. The topological polar surface area (TPSA) is 34.1 Å². The molecule has 0 radical (unpaired) electrons. The first kappa shape index (κ1) is 14.9.